The van der Waals surface area contributed by atoms with E-state index in [4.69, 9.17) is 9.26 Å². The van der Waals surface area contributed by atoms with Gasteiger partial charge < -0.3 is 9.26 Å². The van der Waals surface area contributed by atoms with Crippen molar-refractivity contribution in [1.29, 1.82) is 0 Å². The lowest BCUT2D eigenvalue weighted by molar-refractivity contribution is -0.191. The van der Waals surface area contributed by atoms with Crippen LogP contribution < -0.4 is 0 Å². The first-order valence-electron chi connectivity index (χ1n) is 6.70. The Labute approximate surface area is 114 Å². The van der Waals surface area contributed by atoms with Gasteiger partial charge in [0, 0.05) is 6.42 Å². The molecule has 1 aliphatic heterocycles. The molecular weight excluding hydrogens is 273 g/mol. The minimum absolute atomic E-state index is 0.0287. The molecule has 7 heteroatoms. The molecule has 0 N–H and O–H groups in total. The van der Waals surface area contributed by atoms with Gasteiger partial charge in [-0.3, -0.25) is 0 Å². The summed E-state index contributed by atoms with van der Waals surface area (Å²) in [5.74, 6) is -0.101. The summed E-state index contributed by atoms with van der Waals surface area (Å²) in [5.41, 5.74) is -1.95. The first-order valence-corrected chi connectivity index (χ1v) is 6.70. The number of ether oxygens (including phenoxy) is 1. The second kappa shape index (κ2) is 4.87. The largest absolute Gasteiger partial charge is 0.401 e. The fourth-order valence-electron chi connectivity index (χ4n) is 2.87. The number of alkyl halides is 3. The highest BCUT2D eigenvalue weighted by Crippen LogP contribution is 2.51. The summed E-state index contributed by atoms with van der Waals surface area (Å²) in [6.07, 6.45) is 0.626. The Morgan fingerprint density at radius 1 is 1.20 bits per heavy atom. The van der Waals surface area contributed by atoms with Crippen LogP contribution in [0, 0.1) is 0 Å². The number of nitrogens with zero attached hydrogens (tertiary/aromatic N) is 2. The predicted molar refractivity (Wildman–Crippen MR) is 62.9 cm³/mol. The summed E-state index contributed by atoms with van der Waals surface area (Å²) >= 11 is 0. The molecule has 20 heavy (non-hydrogen) atoms. The molecule has 0 saturated heterocycles. The molecule has 1 unspecified atom stereocenters. The van der Waals surface area contributed by atoms with Crippen molar-refractivity contribution in [2.75, 3.05) is 6.61 Å². The quantitative estimate of drug-likeness (QED) is 0.782. The van der Waals surface area contributed by atoms with Crippen molar-refractivity contribution in [1.82, 2.24) is 10.1 Å². The summed E-state index contributed by atoms with van der Waals surface area (Å²) in [5, 5.41) is 3.60. The predicted octanol–water partition coefficient (Wildman–Crippen LogP) is 3.46. The van der Waals surface area contributed by atoms with Crippen LogP contribution in [0.15, 0.2) is 16.7 Å². The van der Waals surface area contributed by atoms with Gasteiger partial charge in [0.2, 0.25) is 0 Å². The molecule has 3 rings (SSSR count). The van der Waals surface area contributed by atoms with Crippen molar-refractivity contribution in [3.05, 3.63) is 23.9 Å². The van der Waals surface area contributed by atoms with E-state index in [9.17, 15) is 13.2 Å². The Hall–Kier alpha value is -1.37. The molecule has 1 saturated carbocycles. The molecule has 0 spiro atoms. The Balaban J connectivity index is 1.90. The lowest BCUT2D eigenvalue weighted by Gasteiger charge is -2.27. The van der Waals surface area contributed by atoms with Crippen LogP contribution in [0.3, 0.4) is 0 Å². The lowest BCUT2D eigenvalue weighted by Crippen LogP contribution is -2.40. The van der Waals surface area contributed by atoms with Gasteiger partial charge in [-0.2, -0.15) is 18.2 Å². The van der Waals surface area contributed by atoms with Crippen molar-refractivity contribution < 1.29 is 22.4 Å². The van der Waals surface area contributed by atoms with Gasteiger partial charge in [-0.05, 0) is 12.8 Å². The average molecular weight is 288 g/mol. The summed E-state index contributed by atoms with van der Waals surface area (Å²) < 4.78 is 50.6. The minimum Gasteiger partial charge on any atom is -0.364 e. The van der Waals surface area contributed by atoms with Crippen LogP contribution in [0.25, 0.3) is 0 Å². The summed E-state index contributed by atoms with van der Waals surface area (Å²) in [4.78, 5) is 4.00. The second-order valence-electron chi connectivity index (χ2n) is 5.27. The van der Waals surface area contributed by atoms with Crippen LogP contribution in [-0.4, -0.2) is 22.9 Å². The lowest BCUT2D eigenvalue weighted by atomic mass is 9.84. The Morgan fingerprint density at radius 3 is 2.55 bits per heavy atom. The van der Waals surface area contributed by atoms with E-state index in [2.05, 4.69) is 10.1 Å². The Morgan fingerprint density at radius 2 is 1.95 bits per heavy atom. The van der Waals surface area contributed by atoms with Crippen LogP contribution in [0.4, 0.5) is 13.2 Å². The molecule has 2 aliphatic rings. The smallest absolute Gasteiger partial charge is 0.364 e. The molecule has 1 aromatic rings. The third kappa shape index (κ3) is 2.13. The number of hydrogen-bond acceptors (Lipinski definition) is 4. The topological polar surface area (TPSA) is 48.2 Å². The highest BCUT2D eigenvalue weighted by molar-refractivity contribution is 5.14. The van der Waals surface area contributed by atoms with Gasteiger partial charge in [-0.15, -0.1) is 0 Å². The van der Waals surface area contributed by atoms with E-state index in [0.717, 1.165) is 0 Å². The Bertz CT molecular complexity index is 504. The minimum atomic E-state index is -4.35. The van der Waals surface area contributed by atoms with Crippen LogP contribution >= 0.6 is 0 Å². The maximum absolute atomic E-state index is 13.4. The number of aromatic nitrogens is 2. The molecule has 0 amide bonds. The van der Waals surface area contributed by atoms with E-state index in [-0.39, 0.29) is 24.6 Å². The van der Waals surface area contributed by atoms with Gasteiger partial charge in [0.15, 0.2) is 5.82 Å². The van der Waals surface area contributed by atoms with E-state index < -0.39 is 17.7 Å². The van der Waals surface area contributed by atoms with E-state index in [0.29, 0.717) is 25.9 Å². The highest BCUT2D eigenvalue weighted by Gasteiger charge is 2.60. The van der Waals surface area contributed by atoms with Gasteiger partial charge in [0.1, 0.15) is 11.5 Å². The summed E-state index contributed by atoms with van der Waals surface area (Å²) in [6, 6.07) is 0. The maximum Gasteiger partial charge on any atom is 0.401 e. The van der Waals surface area contributed by atoms with E-state index in [1.165, 1.54) is 0 Å². The van der Waals surface area contributed by atoms with Gasteiger partial charge in [-0.25, -0.2) is 0 Å². The maximum atomic E-state index is 13.4. The molecular formula is C13H15F3N2O2. The SMILES string of the molecule is FC(F)(F)C1(c2noc(C3CC=CCO3)n2)CCCC1. The van der Waals surface area contributed by atoms with Crippen molar-refractivity contribution in [2.24, 2.45) is 0 Å². The number of hydrogen-bond donors (Lipinski definition) is 0. The third-order valence-electron chi connectivity index (χ3n) is 4.06. The fraction of sp³-hybridized carbons (Fsp3) is 0.692. The van der Waals surface area contributed by atoms with Gasteiger partial charge >= 0.3 is 6.18 Å². The van der Waals surface area contributed by atoms with Gasteiger partial charge in [0.25, 0.3) is 5.89 Å². The molecule has 110 valence electrons. The van der Waals surface area contributed by atoms with Crippen LogP contribution in [-0.2, 0) is 10.2 Å². The molecule has 0 bridgehead atoms. The van der Waals surface area contributed by atoms with Crippen LogP contribution in [0.5, 0.6) is 0 Å². The van der Waals surface area contributed by atoms with Crippen LogP contribution in [0.1, 0.15) is 49.9 Å². The second-order valence-corrected chi connectivity index (χ2v) is 5.27. The third-order valence-corrected chi connectivity index (χ3v) is 4.06. The molecule has 1 aromatic heterocycles. The van der Waals surface area contributed by atoms with E-state index in [1.54, 1.807) is 0 Å². The van der Waals surface area contributed by atoms with Crippen LogP contribution in [0.2, 0.25) is 0 Å². The van der Waals surface area contributed by atoms with Gasteiger partial charge in [0.05, 0.1) is 6.61 Å². The molecule has 0 radical (unpaired) electrons. The van der Waals surface area contributed by atoms with E-state index in [1.807, 2.05) is 12.2 Å². The molecule has 1 fully saturated rings. The average Bonchev–Trinajstić information content (AvgIpc) is 3.09. The summed E-state index contributed by atoms with van der Waals surface area (Å²) in [6.45, 7) is 0.410. The van der Waals surface area contributed by atoms with Gasteiger partial charge in [-0.1, -0.05) is 30.2 Å². The molecule has 2 heterocycles. The fourth-order valence-corrected chi connectivity index (χ4v) is 2.87. The van der Waals surface area contributed by atoms with E-state index >= 15 is 0 Å². The number of rotatable bonds is 2. The molecule has 1 aliphatic carbocycles. The normalized spacial score (nSPS) is 26.1. The van der Waals surface area contributed by atoms with Crippen molar-refractivity contribution >= 4 is 0 Å². The first-order chi connectivity index (χ1) is 9.53. The van der Waals surface area contributed by atoms with Crippen molar-refractivity contribution in [2.45, 2.75) is 49.8 Å². The monoisotopic (exact) mass is 288 g/mol. The standard InChI is InChI=1S/C13H15F3N2O2/c14-13(15,16)12(6-2-3-7-12)11-17-10(20-18-11)9-5-1-4-8-19-9/h1,4,9H,2-3,5-8H2. The zero-order valence-electron chi connectivity index (χ0n) is 10.8. The highest BCUT2D eigenvalue weighted by atomic mass is 19.4. The molecule has 4 nitrogen and oxygen atoms in total. The molecule has 1 atom stereocenters. The number of halogens is 3. The Kier molecular flexibility index (Phi) is 3.32. The molecule has 0 aromatic carbocycles. The van der Waals surface area contributed by atoms with Crippen molar-refractivity contribution in [3.8, 4) is 0 Å². The zero-order valence-corrected chi connectivity index (χ0v) is 10.8. The summed E-state index contributed by atoms with van der Waals surface area (Å²) in [7, 11) is 0. The van der Waals surface area contributed by atoms with Crippen molar-refractivity contribution in [3.63, 3.8) is 0 Å². The zero-order chi connectivity index (χ0) is 14.2. The first kappa shape index (κ1) is 13.6.